The Bertz CT molecular complexity index is 397. The fraction of sp³-hybridized carbons (Fsp3) is 0.385. The van der Waals surface area contributed by atoms with Crippen LogP contribution in [0.5, 0.6) is 0 Å². The quantitative estimate of drug-likeness (QED) is 0.812. The highest BCUT2D eigenvalue weighted by atomic mass is 35.5. The average Bonchev–Trinajstić information content (AvgIpc) is 2.14. The summed E-state index contributed by atoms with van der Waals surface area (Å²) in [6, 6.07) is 0. The zero-order valence-corrected chi connectivity index (χ0v) is 10.7. The molecule has 0 aromatic carbocycles. The van der Waals surface area contributed by atoms with Crippen molar-refractivity contribution in [2.24, 2.45) is 0 Å². The maximum Gasteiger partial charge on any atom is 0.0909 e. The largest absolute Gasteiger partial charge is 0.385 e. The minimum atomic E-state index is -1.11. The molecule has 2 rings (SSSR count). The lowest BCUT2D eigenvalue weighted by Crippen LogP contribution is -2.40. The van der Waals surface area contributed by atoms with Gasteiger partial charge in [0, 0.05) is 16.5 Å². The molecule has 0 amide bonds. The van der Waals surface area contributed by atoms with E-state index in [4.69, 9.17) is 23.2 Å². The van der Waals surface area contributed by atoms with Gasteiger partial charge >= 0.3 is 0 Å². The van der Waals surface area contributed by atoms with Crippen LogP contribution in [0.4, 0.5) is 0 Å². The molecule has 92 valence electrons. The lowest BCUT2D eigenvalue weighted by Gasteiger charge is -2.35. The Kier molecular flexibility index (Phi) is 3.50. The number of hydrogen-bond acceptors (Lipinski definition) is 2. The second-order valence-corrected chi connectivity index (χ2v) is 5.53. The van der Waals surface area contributed by atoms with E-state index >= 15 is 0 Å². The van der Waals surface area contributed by atoms with E-state index in [0.29, 0.717) is 22.9 Å². The van der Waals surface area contributed by atoms with Gasteiger partial charge in [0.05, 0.1) is 11.2 Å². The van der Waals surface area contributed by atoms with E-state index in [-0.39, 0.29) is 6.42 Å². The number of rotatable bonds is 2. The maximum atomic E-state index is 10.4. The molecule has 0 saturated carbocycles. The topological polar surface area (TPSA) is 40.5 Å². The molecule has 2 atom stereocenters. The van der Waals surface area contributed by atoms with Crippen LogP contribution < -0.4 is 0 Å². The van der Waals surface area contributed by atoms with Gasteiger partial charge in [0.1, 0.15) is 0 Å². The summed E-state index contributed by atoms with van der Waals surface area (Å²) in [5.41, 5.74) is -2.22. The third-order valence-corrected chi connectivity index (χ3v) is 3.39. The lowest BCUT2D eigenvalue weighted by atomic mass is 9.80. The Morgan fingerprint density at radius 3 is 1.71 bits per heavy atom. The van der Waals surface area contributed by atoms with Crippen LogP contribution in [0, 0.1) is 0 Å². The summed E-state index contributed by atoms with van der Waals surface area (Å²) in [6.45, 7) is 0. The lowest BCUT2D eigenvalue weighted by molar-refractivity contribution is -0.0104. The van der Waals surface area contributed by atoms with Crippen molar-refractivity contribution in [3.63, 3.8) is 0 Å². The van der Waals surface area contributed by atoms with Crippen LogP contribution in [0.25, 0.3) is 0 Å². The SMILES string of the molecule is O[C@]1(C[C@]2(O)C=C(Cl)C=CC2)C=C(Cl)C=CC1. The summed E-state index contributed by atoms with van der Waals surface area (Å²) in [5.74, 6) is 0. The van der Waals surface area contributed by atoms with Crippen molar-refractivity contribution in [2.45, 2.75) is 30.5 Å². The molecular formula is C13H14Cl2O2. The molecule has 0 saturated heterocycles. The van der Waals surface area contributed by atoms with E-state index in [0.717, 1.165) is 0 Å². The van der Waals surface area contributed by atoms with Gasteiger partial charge in [-0.3, -0.25) is 0 Å². The fourth-order valence-electron chi connectivity index (χ4n) is 2.26. The van der Waals surface area contributed by atoms with Gasteiger partial charge in [0.25, 0.3) is 0 Å². The van der Waals surface area contributed by atoms with Gasteiger partial charge in [0.2, 0.25) is 0 Å². The monoisotopic (exact) mass is 272 g/mol. The molecule has 0 fully saturated rings. The summed E-state index contributed by atoms with van der Waals surface area (Å²) in [6.07, 6.45) is 11.3. The molecule has 0 aromatic rings. The highest BCUT2D eigenvalue weighted by Gasteiger charge is 2.37. The van der Waals surface area contributed by atoms with E-state index in [1.54, 1.807) is 36.5 Å². The van der Waals surface area contributed by atoms with Gasteiger partial charge in [0.15, 0.2) is 0 Å². The Hall–Kier alpha value is -0.540. The zero-order valence-electron chi connectivity index (χ0n) is 9.24. The van der Waals surface area contributed by atoms with Crippen molar-refractivity contribution in [1.29, 1.82) is 0 Å². The number of aliphatic hydroxyl groups is 2. The highest BCUT2D eigenvalue weighted by molar-refractivity contribution is 6.31. The van der Waals surface area contributed by atoms with Crippen molar-refractivity contribution in [1.82, 2.24) is 0 Å². The first-order valence-corrected chi connectivity index (χ1v) is 6.21. The summed E-state index contributed by atoms with van der Waals surface area (Å²) in [7, 11) is 0. The molecule has 2 N–H and O–H groups in total. The van der Waals surface area contributed by atoms with Crippen LogP contribution in [0.1, 0.15) is 19.3 Å². The van der Waals surface area contributed by atoms with Crippen LogP contribution in [-0.2, 0) is 0 Å². The van der Waals surface area contributed by atoms with Crippen molar-refractivity contribution in [2.75, 3.05) is 0 Å². The minimum absolute atomic E-state index is 0.182. The zero-order chi connectivity index (χ0) is 12.5. The predicted octanol–water partition coefficient (Wildman–Crippen LogP) is 3.00. The Morgan fingerprint density at radius 2 is 1.35 bits per heavy atom. The number of hydrogen-bond donors (Lipinski definition) is 2. The van der Waals surface area contributed by atoms with Crippen LogP contribution in [0.15, 0.2) is 46.5 Å². The van der Waals surface area contributed by atoms with Crippen molar-refractivity contribution in [3.05, 3.63) is 46.5 Å². The van der Waals surface area contributed by atoms with Gasteiger partial charge in [-0.2, -0.15) is 0 Å². The minimum Gasteiger partial charge on any atom is -0.385 e. The van der Waals surface area contributed by atoms with Gasteiger partial charge in [-0.25, -0.2) is 0 Å². The van der Waals surface area contributed by atoms with E-state index in [1.807, 2.05) is 0 Å². The first kappa shape index (κ1) is 12.9. The average molecular weight is 273 g/mol. The van der Waals surface area contributed by atoms with Crippen LogP contribution in [0.2, 0.25) is 0 Å². The van der Waals surface area contributed by atoms with E-state index < -0.39 is 11.2 Å². The Morgan fingerprint density at radius 1 is 0.941 bits per heavy atom. The molecule has 0 spiro atoms. The third-order valence-electron chi connectivity index (χ3n) is 2.92. The summed E-state index contributed by atoms with van der Waals surface area (Å²) in [5, 5.41) is 21.7. The molecule has 0 radical (unpaired) electrons. The van der Waals surface area contributed by atoms with Crippen molar-refractivity contribution in [3.8, 4) is 0 Å². The molecule has 0 aromatic heterocycles. The smallest absolute Gasteiger partial charge is 0.0909 e. The predicted molar refractivity (Wildman–Crippen MR) is 69.9 cm³/mol. The summed E-state index contributed by atoms with van der Waals surface area (Å²) < 4.78 is 0. The van der Waals surface area contributed by atoms with Crippen molar-refractivity contribution < 1.29 is 10.2 Å². The first-order chi connectivity index (χ1) is 7.91. The normalized spacial score (nSPS) is 36.7. The Balaban J connectivity index is 2.16. The molecule has 0 heterocycles. The molecule has 0 unspecified atom stereocenters. The van der Waals surface area contributed by atoms with Gasteiger partial charge in [-0.15, -0.1) is 0 Å². The number of allylic oxidation sites excluding steroid dienone is 4. The summed E-state index contributed by atoms with van der Waals surface area (Å²) >= 11 is 11.7. The molecule has 2 aliphatic carbocycles. The summed E-state index contributed by atoms with van der Waals surface area (Å²) in [4.78, 5) is 0. The van der Waals surface area contributed by atoms with Crippen LogP contribution in [-0.4, -0.2) is 21.4 Å². The van der Waals surface area contributed by atoms with E-state index in [1.165, 1.54) is 0 Å². The third kappa shape index (κ3) is 3.23. The highest BCUT2D eigenvalue weighted by Crippen LogP contribution is 2.36. The van der Waals surface area contributed by atoms with E-state index in [9.17, 15) is 10.2 Å². The maximum absolute atomic E-state index is 10.4. The standard InChI is InChI=1S/C13H14Cl2O2/c14-10-3-1-5-12(16,7-10)9-13(17)6-2-4-11(15)8-13/h1-4,7-8,16-17H,5-6,9H2/t12-,13+. The van der Waals surface area contributed by atoms with Crippen LogP contribution >= 0.6 is 23.2 Å². The first-order valence-electron chi connectivity index (χ1n) is 5.45. The molecule has 0 bridgehead atoms. The second kappa shape index (κ2) is 4.62. The van der Waals surface area contributed by atoms with Gasteiger partial charge < -0.3 is 10.2 Å². The molecule has 2 aliphatic rings. The second-order valence-electron chi connectivity index (χ2n) is 4.66. The molecule has 4 heteroatoms. The van der Waals surface area contributed by atoms with Gasteiger partial charge in [-0.1, -0.05) is 35.4 Å². The van der Waals surface area contributed by atoms with Gasteiger partial charge in [-0.05, 0) is 37.1 Å². The molecule has 17 heavy (non-hydrogen) atoms. The van der Waals surface area contributed by atoms with Crippen LogP contribution in [0.3, 0.4) is 0 Å². The fourth-order valence-corrected chi connectivity index (χ4v) is 2.84. The molecular weight excluding hydrogens is 259 g/mol. The Labute approximate surface area is 111 Å². The van der Waals surface area contributed by atoms with E-state index in [2.05, 4.69) is 0 Å². The molecule has 0 aliphatic heterocycles. The molecule has 2 nitrogen and oxygen atoms in total. The number of halogens is 2. The van der Waals surface area contributed by atoms with Crippen molar-refractivity contribution >= 4 is 23.2 Å².